The van der Waals surface area contributed by atoms with Gasteiger partial charge in [-0.15, -0.1) is 11.3 Å². The third kappa shape index (κ3) is 3.41. The molecule has 102 valence electrons. The van der Waals surface area contributed by atoms with Crippen molar-refractivity contribution >= 4 is 62.0 Å². The number of Topliss-reactive ketones (excluding diaryl/α,β-unsaturated/α-hetero) is 1. The first-order chi connectivity index (χ1) is 8.93. The van der Waals surface area contributed by atoms with Crippen LogP contribution >= 0.6 is 46.1 Å². The largest absolute Gasteiger partial charge is 0.304 e. The van der Waals surface area contributed by atoms with Crippen molar-refractivity contribution < 1.29 is 4.79 Å². The fourth-order valence-corrected chi connectivity index (χ4v) is 3.19. The number of rotatable bonds is 4. The molecule has 19 heavy (non-hydrogen) atoms. The highest BCUT2D eigenvalue weighted by Gasteiger charge is 2.38. The Morgan fingerprint density at radius 3 is 2.74 bits per heavy atom. The summed E-state index contributed by atoms with van der Waals surface area (Å²) in [4.78, 5) is 12.4. The Bertz CT molecular complexity index is 591. The van der Waals surface area contributed by atoms with Gasteiger partial charge in [-0.05, 0) is 29.4 Å². The topological polar surface area (TPSA) is 29.1 Å². The van der Waals surface area contributed by atoms with Gasteiger partial charge in [-0.25, -0.2) is 0 Å². The minimum absolute atomic E-state index is 0.211. The van der Waals surface area contributed by atoms with Crippen molar-refractivity contribution in [3.05, 3.63) is 35.2 Å². The molecule has 2 aromatic rings. The number of alkyl halides is 3. The van der Waals surface area contributed by atoms with Crippen molar-refractivity contribution in [3.63, 3.8) is 0 Å². The minimum Gasteiger partial charge on any atom is -0.304 e. The van der Waals surface area contributed by atoms with Crippen molar-refractivity contribution in [2.75, 3.05) is 6.54 Å². The number of likely N-dealkylation sites (N-methyl/N-ethyl adjacent to an activating group) is 1. The summed E-state index contributed by atoms with van der Waals surface area (Å²) in [7, 11) is 0. The lowest BCUT2D eigenvalue weighted by atomic mass is 10.0. The Balaban J connectivity index is 2.35. The molecule has 1 aromatic heterocycles. The van der Waals surface area contributed by atoms with Gasteiger partial charge in [0.15, 0.2) is 5.78 Å². The Kier molecular flexibility index (Phi) is 4.75. The Morgan fingerprint density at radius 2 is 2.11 bits per heavy atom. The SMILES string of the molecule is CCNC(C(=O)c1ccc2ccsc2c1)C(Cl)(Cl)Cl. The van der Waals surface area contributed by atoms with Crippen LogP contribution in [0.3, 0.4) is 0 Å². The molecule has 2 nitrogen and oxygen atoms in total. The average molecular weight is 337 g/mol. The molecule has 0 fully saturated rings. The van der Waals surface area contributed by atoms with E-state index in [4.69, 9.17) is 34.8 Å². The van der Waals surface area contributed by atoms with Crippen LogP contribution in [0.2, 0.25) is 0 Å². The van der Waals surface area contributed by atoms with Crippen LogP contribution in [0.5, 0.6) is 0 Å². The first-order valence-corrected chi connectivity index (χ1v) is 7.76. The molecular formula is C13H12Cl3NOS. The van der Waals surface area contributed by atoms with E-state index in [0.717, 1.165) is 10.1 Å². The van der Waals surface area contributed by atoms with Crippen molar-refractivity contribution in [2.24, 2.45) is 0 Å². The van der Waals surface area contributed by atoms with E-state index in [1.54, 1.807) is 17.4 Å². The first kappa shape index (κ1) is 15.1. The number of benzene rings is 1. The van der Waals surface area contributed by atoms with Gasteiger partial charge in [-0.1, -0.05) is 53.9 Å². The fourth-order valence-electron chi connectivity index (χ4n) is 1.84. The number of hydrogen-bond acceptors (Lipinski definition) is 3. The summed E-state index contributed by atoms with van der Waals surface area (Å²) in [5.74, 6) is -0.211. The van der Waals surface area contributed by atoms with Gasteiger partial charge in [0.2, 0.25) is 3.79 Å². The van der Waals surface area contributed by atoms with Gasteiger partial charge in [0.1, 0.15) is 6.04 Å². The molecule has 1 heterocycles. The molecule has 1 N–H and O–H groups in total. The van der Waals surface area contributed by atoms with Gasteiger partial charge in [0, 0.05) is 10.3 Å². The van der Waals surface area contributed by atoms with E-state index in [9.17, 15) is 4.79 Å². The maximum Gasteiger partial charge on any atom is 0.213 e. The molecule has 2 rings (SSSR count). The van der Waals surface area contributed by atoms with E-state index in [1.807, 2.05) is 30.5 Å². The second-order valence-electron chi connectivity index (χ2n) is 4.07. The molecule has 1 atom stereocenters. The van der Waals surface area contributed by atoms with Crippen LogP contribution in [-0.2, 0) is 0 Å². The molecular weight excluding hydrogens is 325 g/mol. The molecule has 0 amide bonds. The zero-order chi connectivity index (χ0) is 14.0. The van der Waals surface area contributed by atoms with Crippen molar-refractivity contribution in [3.8, 4) is 0 Å². The van der Waals surface area contributed by atoms with Gasteiger partial charge in [0.05, 0.1) is 0 Å². The Labute approximate surface area is 130 Å². The quantitative estimate of drug-likeness (QED) is 0.661. The highest BCUT2D eigenvalue weighted by molar-refractivity contribution is 7.17. The van der Waals surface area contributed by atoms with Crippen LogP contribution in [0.1, 0.15) is 17.3 Å². The second-order valence-corrected chi connectivity index (χ2v) is 7.39. The van der Waals surface area contributed by atoms with E-state index in [2.05, 4.69) is 5.32 Å². The molecule has 0 aliphatic rings. The summed E-state index contributed by atoms with van der Waals surface area (Å²) in [6.45, 7) is 2.41. The normalized spacial score (nSPS) is 13.7. The van der Waals surface area contributed by atoms with Gasteiger partial charge in [0.25, 0.3) is 0 Å². The lowest BCUT2D eigenvalue weighted by Crippen LogP contribution is -2.46. The van der Waals surface area contributed by atoms with E-state index < -0.39 is 9.83 Å². The monoisotopic (exact) mass is 335 g/mol. The van der Waals surface area contributed by atoms with E-state index >= 15 is 0 Å². The third-order valence-electron chi connectivity index (χ3n) is 2.74. The zero-order valence-corrected chi connectivity index (χ0v) is 13.2. The lowest BCUT2D eigenvalue weighted by Gasteiger charge is -2.23. The molecule has 0 saturated heterocycles. The highest BCUT2D eigenvalue weighted by atomic mass is 35.6. The summed E-state index contributed by atoms with van der Waals surface area (Å²) in [6.07, 6.45) is 0. The Hall–Kier alpha value is -0.320. The van der Waals surface area contributed by atoms with E-state index in [0.29, 0.717) is 12.1 Å². The van der Waals surface area contributed by atoms with Crippen LogP contribution in [0.25, 0.3) is 10.1 Å². The summed E-state index contributed by atoms with van der Waals surface area (Å²) in [5, 5.41) is 6.01. The van der Waals surface area contributed by atoms with Crippen LogP contribution in [0, 0.1) is 0 Å². The summed E-state index contributed by atoms with van der Waals surface area (Å²) >= 11 is 19.2. The second kappa shape index (κ2) is 5.98. The van der Waals surface area contributed by atoms with Crippen LogP contribution in [0.4, 0.5) is 0 Å². The van der Waals surface area contributed by atoms with Gasteiger partial charge < -0.3 is 5.32 Å². The molecule has 6 heteroatoms. The standard InChI is InChI=1S/C13H12Cl3NOS/c1-2-17-12(13(14,15)16)11(18)9-4-3-8-5-6-19-10(8)7-9/h3-7,12,17H,2H2,1H3. The minimum atomic E-state index is -1.67. The summed E-state index contributed by atoms with van der Waals surface area (Å²) in [6, 6.07) is 6.66. The van der Waals surface area contributed by atoms with Gasteiger partial charge in [-0.3, -0.25) is 4.79 Å². The maximum atomic E-state index is 12.4. The number of hydrogen-bond donors (Lipinski definition) is 1. The molecule has 1 aromatic carbocycles. The molecule has 0 radical (unpaired) electrons. The molecule has 0 spiro atoms. The predicted octanol–water partition coefficient (Wildman–Crippen LogP) is 4.43. The molecule has 0 aliphatic carbocycles. The number of fused-ring (bicyclic) bond motifs is 1. The number of halogens is 3. The maximum absolute atomic E-state index is 12.4. The number of carbonyl (C=O) groups is 1. The molecule has 0 bridgehead atoms. The van der Waals surface area contributed by atoms with Crippen LogP contribution < -0.4 is 5.32 Å². The van der Waals surface area contributed by atoms with E-state index in [-0.39, 0.29) is 5.78 Å². The zero-order valence-electron chi connectivity index (χ0n) is 10.1. The van der Waals surface area contributed by atoms with Gasteiger partial charge in [-0.2, -0.15) is 0 Å². The number of thiophene rings is 1. The van der Waals surface area contributed by atoms with Crippen LogP contribution in [-0.4, -0.2) is 22.2 Å². The van der Waals surface area contributed by atoms with Crippen molar-refractivity contribution in [2.45, 2.75) is 16.8 Å². The third-order valence-corrected chi connectivity index (χ3v) is 4.27. The van der Waals surface area contributed by atoms with Crippen LogP contribution in [0.15, 0.2) is 29.6 Å². The number of carbonyl (C=O) groups excluding carboxylic acids is 1. The molecule has 0 saturated carbocycles. The summed E-state index contributed by atoms with van der Waals surface area (Å²) < 4.78 is -0.622. The predicted molar refractivity (Wildman–Crippen MR) is 83.9 cm³/mol. The number of ketones is 1. The first-order valence-electron chi connectivity index (χ1n) is 5.75. The van der Waals surface area contributed by atoms with Crippen molar-refractivity contribution in [1.82, 2.24) is 5.32 Å². The number of nitrogens with one attached hydrogen (secondary N) is 1. The highest BCUT2D eigenvalue weighted by Crippen LogP contribution is 2.33. The average Bonchev–Trinajstić information content (AvgIpc) is 2.80. The van der Waals surface area contributed by atoms with E-state index in [1.165, 1.54) is 0 Å². The fraction of sp³-hybridized carbons (Fsp3) is 0.308. The molecule has 1 unspecified atom stereocenters. The summed E-state index contributed by atoms with van der Waals surface area (Å²) in [5.41, 5.74) is 0.548. The molecule has 0 aliphatic heterocycles. The lowest BCUT2D eigenvalue weighted by molar-refractivity contribution is 0.0945. The smallest absolute Gasteiger partial charge is 0.213 e. The van der Waals surface area contributed by atoms with Gasteiger partial charge >= 0.3 is 0 Å². The van der Waals surface area contributed by atoms with Crippen molar-refractivity contribution in [1.29, 1.82) is 0 Å². The Morgan fingerprint density at radius 1 is 1.37 bits per heavy atom.